The smallest absolute Gasteiger partial charge is 0.341 e. The molecule has 0 spiro atoms. The van der Waals surface area contributed by atoms with E-state index in [0.717, 1.165) is 34.6 Å². The van der Waals surface area contributed by atoms with Gasteiger partial charge >= 0.3 is 11.9 Å². The number of pyridine rings is 1. The van der Waals surface area contributed by atoms with Crippen molar-refractivity contribution in [1.82, 2.24) is 4.98 Å². The van der Waals surface area contributed by atoms with Crippen molar-refractivity contribution in [2.24, 2.45) is 5.92 Å². The number of fused-ring (bicyclic) bond motifs is 2. The van der Waals surface area contributed by atoms with Gasteiger partial charge in [0.15, 0.2) is 6.10 Å². The molecule has 1 amide bonds. The van der Waals surface area contributed by atoms with Crippen LogP contribution in [0.4, 0.5) is 5.00 Å². The first-order valence-electron chi connectivity index (χ1n) is 12.7. The lowest BCUT2D eigenvalue weighted by Gasteiger charge is -2.18. The third kappa shape index (κ3) is 5.71. The van der Waals surface area contributed by atoms with Crippen LogP contribution in [0.5, 0.6) is 0 Å². The minimum Gasteiger partial charge on any atom is -0.462 e. The Labute approximate surface area is 239 Å². The van der Waals surface area contributed by atoms with E-state index in [-0.39, 0.29) is 6.61 Å². The first kappa shape index (κ1) is 27.3. The van der Waals surface area contributed by atoms with Crippen LogP contribution in [0, 0.1) is 5.92 Å². The van der Waals surface area contributed by atoms with Crippen LogP contribution in [0.2, 0.25) is 4.34 Å². The number of thiophene rings is 2. The molecule has 0 bridgehead atoms. The van der Waals surface area contributed by atoms with Gasteiger partial charge in [0, 0.05) is 10.3 Å². The Balaban J connectivity index is 1.39. The molecule has 0 fully saturated rings. The SMILES string of the molecule is CCOC(=O)c1c(NC(=O)C(C)OC(=O)c2cc(-c3ccc(Cl)s3)nc3ccccc23)sc2c1CCC(C)C2. The Morgan fingerprint density at radius 2 is 1.95 bits per heavy atom. The van der Waals surface area contributed by atoms with E-state index in [0.29, 0.717) is 43.0 Å². The van der Waals surface area contributed by atoms with Gasteiger partial charge in [-0.05, 0) is 68.9 Å². The molecule has 5 rings (SSSR count). The molecule has 202 valence electrons. The molecule has 1 N–H and O–H groups in total. The number of rotatable bonds is 7. The lowest BCUT2D eigenvalue weighted by Crippen LogP contribution is -2.30. The molecule has 1 aromatic carbocycles. The molecular formula is C29H27ClN2O5S2. The summed E-state index contributed by atoms with van der Waals surface area (Å²) in [5, 5.41) is 3.89. The van der Waals surface area contributed by atoms with E-state index < -0.39 is 23.9 Å². The topological polar surface area (TPSA) is 94.6 Å². The Bertz CT molecular complexity index is 1580. The van der Waals surface area contributed by atoms with Crippen molar-refractivity contribution in [2.75, 3.05) is 11.9 Å². The number of anilines is 1. The normalized spacial score (nSPS) is 15.4. The summed E-state index contributed by atoms with van der Waals surface area (Å²) in [7, 11) is 0. The first-order valence-corrected chi connectivity index (χ1v) is 14.7. The third-order valence-corrected chi connectivity index (χ3v) is 9.07. The second-order valence-corrected chi connectivity index (χ2v) is 12.3. The largest absolute Gasteiger partial charge is 0.462 e. The summed E-state index contributed by atoms with van der Waals surface area (Å²) in [4.78, 5) is 45.9. The molecule has 2 unspecified atom stereocenters. The van der Waals surface area contributed by atoms with Crippen molar-refractivity contribution in [1.29, 1.82) is 0 Å². The Kier molecular flexibility index (Phi) is 8.02. The summed E-state index contributed by atoms with van der Waals surface area (Å²) in [6.45, 7) is 5.67. The average Bonchev–Trinajstić information content (AvgIpc) is 3.50. The lowest BCUT2D eigenvalue weighted by molar-refractivity contribution is -0.123. The van der Waals surface area contributed by atoms with Gasteiger partial charge in [0.2, 0.25) is 0 Å². The molecule has 1 aliphatic carbocycles. The summed E-state index contributed by atoms with van der Waals surface area (Å²) < 4.78 is 11.5. The predicted octanol–water partition coefficient (Wildman–Crippen LogP) is 7.16. The molecule has 2 atom stereocenters. The molecule has 0 saturated carbocycles. The fourth-order valence-corrected chi connectivity index (χ4v) is 7.08. The van der Waals surface area contributed by atoms with Crippen molar-refractivity contribution in [2.45, 2.75) is 46.1 Å². The zero-order chi connectivity index (χ0) is 27.7. The van der Waals surface area contributed by atoms with Gasteiger partial charge in [0.25, 0.3) is 5.91 Å². The Hall–Kier alpha value is -3.27. The van der Waals surface area contributed by atoms with E-state index in [1.807, 2.05) is 24.3 Å². The zero-order valence-electron chi connectivity index (χ0n) is 21.7. The van der Waals surface area contributed by atoms with Crippen molar-refractivity contribution in [3.05, 3.63) is 68.4 Å². The molecule has 4 aromatic rings. The second kappa shape index (κ2) is 11.5. The van der Waals surface area contributed by atoms with Crippen molar-refractivity contribution < 1.29 is 23.9 Å². The number of carbonyl (C=O) groups is 3. The van der Waals surface area contributed by atoms with Crippen LogP contribution < -0.4 is 5.32 Å². The molecule has 39 heavy (non-hydrogen) atoms. The van der Waals surface area contributed by atoms with E-state index in [4.69, 9.17) is 21.1 Å². The number of benzene rings is 1. The van der Waals surface area contributed by atoms with Crippen LogP contribution in [-0.4, -0.2) is 35.5 Å². The number of hydrogen-bond acceptors (Lipinski definition) is 8. The highest BCUT2D eigenvalue weighted by Crippen LogP contribution is 2.40. The van der Waals surface area contributed by atoms with Crippen LogP contribution in [0.1, 0.15) is 58.3 Å². The summed E-state index contributed by atoms with van der Waals surface area (Å²) >= 11 is 8.87. The number of aromatic nitrogens is 1. The number of para-hydroxylation sites is 1. The number of esters is 2. The molecule has 7 nitrogen and oxygen atoms in total. The van der Waals surface area contributed by atoms with Gasteiger partial charge in [0.1, 0.15) is 5.00 Å². The van der Waals surface area contributed by atoms with Crippen LogP contribution in [0.15, 0.2) is 42.5 Å². The minimum absolute atomic E-state index is 0.237. The van der Waals surface area contributed by atoms with Crippen LogP contribution in [0.3, 0.4) is 0 Å². The molecule has 1 aliphatic rings. The first-order chi connectivity index (χ1) is 18.7. The summed E-state index contributed by atoms with van der Waals surface area (Å²) in [6.07, 6.45) is 1.46. The Morgan fingerprint density at radius 3 is 2.69 bits per heavy atom. The quantitative estimate of drug-likeness (QED) is 0.232. The van der Waals surface area contributed by atoms with Gasteiger partial charge in [-0.3, -0.25) is 4.79 Å². The molecule has 3 heterocycles. The van der Waals surface area contributed by atoms with Crippen molar-refractivity contribution in [3.8, 4) is 10.6 Å². The zero-order valence-corrected chi connectivity index (χ0v) is 24.1. The number of nitrogens with zero attached hydrogens (tertiary/aromatic N) is 1. The molecule has 0 aliphatic heterocycles. The monoisotopic (exact) mass is 582 g/mol. The van der Waals surface area contributed by atoms with E-state index in [2.05, 4.69) is 17.2 Å². The highest BCUT2D eigenvalue weighted by molar-refractivity contribution is 7.19. The third-order valence-electron chi connectivity index (χ3n) is 6.64. The molecule has 3 aromatic heterocycles. The van der Waals surface area contributed by atoms with Crippen LogP contribution >= 0.6 is 34.3 Å². The maximum Gasteiger partial charge on any atom is 0.341 e. The van der Waals surface area contributed by atoms with Crippen molar-refractivity contribution >= 4 is 68.0 Å². The van der Waals surface area contributed by atoms with E-state index in [9.17, 15) is 14.4 Å². The van der Waals surface area contributed by atoms with Gasteiger partial charge in [-0.2, -0.15) is 0 Å². The standard InChI is InChI=1S/C29H27ClN2O5S2/c1-4-36-29(35)25-18-10-9-15(2)13-23(18)39-27(25)32-26(33)16(3)37-28(34)19-14-21(22-11-12-24(30)38-22)31-20-8-6-5-7-17(19)20/h5-8,11-12,14-16H,4,9-10,13H2,1-3H3,(H,32,33). The highest BCUT2D eigenvalue weighted by atomic mass is 35.5. The number of carbonyl (C=O) groups excluding carboxylic acids is 3. The maximum absolute atomic E-state index is 13.3. The van der Waals surface area contributed by atoms with Gasteiger partial charge in [-0.15, -0.1) is 22.7 Å². The summed E-state index contributed by atoms with van der Waals surface area (Å²) in [5.74, 6) is -1.12. The van der Waals surface area contributed by atoms with E-state index in [1.54, 1.807) is 25.1 Å². The molecular weight excluding hydrogens is 556 g/mol. The van der Waals surface area contributed by atoms with Crippen molar-refractivity contribution in [3.63, 3.8) is 0 Å². The second-order valence-electron chi connectivity index (χ2n) is 9.49. The number of amides is 1. The summed E-state index contributed by atoms with van der Waals surface area (Å²) in [6, 6.07) is 12.5. The lowest BCUT2D eigenvalue weighted by atomic mass is 9.88. The number of nitrogens with one attached hydrogen (secondary N) is 1. The van der Waals surface area contributed by atoms with Crippen LogP contribution in [-0.2, 0) is 27.1 Å². The van der Waals surface area contributed by atoms with Gasteiger partial charge in [-0.1, -0.05) is 36.7 Å². The van der Waals surface area contributed by atoms with Gasteiger partial charge in [-0.25, -0.2) is 14.6 Å². The summed E-state index contributed by atoms with van der Waals surface area (Å²) in [5.41, 5.74) is 2.87. The number of ether oxygens (including phenoxy) is 2. The fourth-order valence-electron chi connectivity index (χ4n) is 4.67. The van der Waals surface area contributed by atoms with Gasteiger partial charge in [0.05, 0.1) is 38.2 Å². The average molecular weight is 583 g/mol. The predicted molar refractivity (Wildman–Crippen MR) is 155 cm³/mol. The number of hydrogen-bond donors (Lipinski definition) is 1. The van der Waals surface area contributed by atoms with Crippen LogP contribution in [0.25, 0.3) is 21.5 Å². The number of halogens is 1. The molecule has 0 saturated heterocycles. The van der Waals surface area contributed by atoms with E-state index >= 15 is 0 Å². The minimum atomic E-state index is -1.11. The molecule has 10 heteroatoms. The van der Waals surface area contributed by atoms with E-state index in [1.165, 1.54) is 29.6 Å². The fraction of sp³-hybridized carbons (Fsp3) is 0.310. The van der Waals surface area contributed by atoms with Gasteiger partial charge < -0.3 is 14.8 Å². The molecule has 0 radical (unpaired) electrons. The Morgan fingerprint density at radius 1 is 1.15 bits per heavy atom. The highest BCUT2D eigenvalue weighted by Gasteiger charge is 2.30. The maximum atomic E-state index is 13.3.